The maximum Gasteiger partial charge on any atom is 1.00 e. The smallest absolute Gasteiger partial charge is 1.00 e. The van der Waals surface area contributed by atoms with Crippen LogP contribution in [-0.2, 0) is 4.79 Å². The van der Waals surface area contributed by atoms with Crippen molar-refractivity contribution in [3.05, 3.63) is 24.3 Å². The minimum Gasteiger partial charge on any atom is -1.00 e. The van der Waals surface area contributed by atoms with Crippen molar-refractivity contribution in [2.45, 2.75) is 6.92 Å². The summed E-state index contributed by atoms with van der Waals surface area (Å²) in [4.78, 5) is 10.5. The normalized spacial score (nSPS) is 5.61. The molecule has 1 aromatic rings. The molecule has 0 atom stereocenters. The fourth-order valence-corrected chi connectivity index (χ4v) is 0.748. The van der Waals surface area contributed by atoms with Gasteiger partial charge in [-0.2, -0.15) is 0 Å². The van der Waals surface area contributed by atoms with Crippen molar-refractivity contribution in [1.82, 2.24) is 0 Å². The molecule has 0 saturated carbocycles. The van der Waals surface area contributed by atoms with Gasteiger partial charge in [0.1, 0.15) is 5.75 Å². The van der Waals surface area contributed by atoms with Crippen molar-refractivity contribution >= 4 is 11.6 Å². The molecule has 0 aromatic heterocycles. The minimum absolute atomic E-state index is 0. The van der Waals surface area contributed by atoms with Crippen LogP contribution in [0.4, 0.5) is 5.69 Å². The van der Waals surface area contributed by atoms with Crippen LogP contribution in [0.1, 0.15) is 8.35 Å². The fraction of sp³-hybridized carbons (Fsp3) is 0.125. The van der Waals surface area contributed by atoms with Gasteiger partial charge in [0, 0.05) is 12.6 Å². The number of carbonyl (C=O) groups excluding carboxylic acids is 1. The molecule has 18 heavy (non-hydrogen) atoms. The van der Waals surface area contributed by atoms with Crippen molar-refractivity contribution in [2.24, 2.45) is 0 Å². The summed E-state index contributed by atoms with van der Waals surface area (Å²) in [7, 11) is 0. The Labute approximate surface area is 117 Å². The molecule has 9 nitrogen and oxygen atoms in total. The quantitative estimate of drug-likeness (QED) is 0.372. The van der Waals surface area contributed by atoms with E-state index in [9.17, 15) is 4.79 Å². The number of phenolic OH excluding ortho intramolecular Hbond substituents is 1. The van der Waals surface area contributed by atoms with Gasteiger partial charge in [0.2, 0.25) is 5.91 Å². The molecule has 0 aliphatic rings. The minimum atomic E-state index is -0.115. The maximum absolute atomic E-state index is 10.5. The number of benzene rings is 1. The first kappa shape index (κ1) is 43.6. The molecule has 108 valence electrons. The summed E-state index contributed by atoms with van der Waals surface area (Å²) in [6, 6.07) is 6.31. The zero-order chi connectivity index (χ0) is 8.27. The van der Waals surface area contributed by atoms with E-state index in [1.807, 2.05) is 0 Å². The van der Waals surface area contributed by atoms with Gasteiger partial charge < -0.3 is 44.7 Å². The molecule has 0 unspecified atom stereocenters. The van der Waals surface area contributed by atoms with Gasteiger partial charge in [0.05, 0.1) is 0 Å². The summed E-state index contributed by atoms with van der Waals surface area (Å²) in [6.07, 6.45) is 0. The van der Waals surface area contributed by atoms with Gasteiger partial charge in [-0.1, -0.05) is 0 Å². The van der Waals surface area contributed by atoms with Crippen LogP contribution in [-0.4, -0.2) is 43.9 Å². The van der Waals surface area contributed by atoms with Gasteiger partial charge in [-0.3, -0.25) is 4.79 Å². The molecule has 0 bridgehead atoms. The van der Waals surface area contributed by atoms with Crippen molar-refractivity contribution in [3.63, 3.8) is 0 Å². The number of rotatable bonds is 1. The number of anilines is 1. The standard InChI is InChI=1S/C8H9NO2.Li.6H2O.H/c1-6(10)9-7-2-4-8(11)5-3-7;;;;;;;;/h2-5,11H,1H3,(H,9,10);;6*1H2;/q;+1;;;;;;;-1. The Morgan fingerprint density at radius 3 is 1.61 bits per heavy atom. The van der Waals surface area contributed by atoms with Gasteiger partial charge in [0.25, 0.3) is 0 Å². The maximum atomic E-state index is 10.5. The third-order valence-corrected chi connectivity index (χ3v) is 1.19. The van der Waals surface area contributed by atoms with E-state index < -0.39 is 0 Å². The van der Waals surface area contributed by atoms with Crippen LogP contribution in [0.15, 0.2) is 24.3 Å². The average molecular weight is 267 g/mol. The number of nitrogens with one attached hydrogen (secondary N) is 1. The van der Waals surface area contributed by atoms with Gasteiger partial charge in [0.15, 0.2) is 0 Å². The second-order valence-electron chi connectivity index (χ2n) is 2.23. The van der Waals surface area contributed by atoms with Crippen LogP contribution in [0.25, 0.3) is 0 Å². The summed E-state index contributed by atoms with van der Waals surface area (Å²) in [6.45, 7) is 1.44. The van der Waals surface area contributed by atoms with E-state index in [1.165, 1.54) is 19.1 Å². The van der Waals surface area contributed by atoms with E-state index in [2.05, 4.69) is 5.32 Å². The first-order valence-electron chi connectivity index (χ1n) is 3.25. The number of hydrogen-bond donors (Lipinski definition) is 2. The Kier molecular flexibility index (Phi) is 51.3. The van der Waals surface area contributed by atoms with Crippen LogP contribution in [0.3, 0.4) is 0 Å². The Balaban J connectivity index is -0.0000000252. The molecule has 0 aliphatic heterocycles. The third kappa shape index (κ3) is 17.2. The Hall–Kier alpha value is -1.15. The summed E-state index contributed by atoms with van der Waals surface area (Å²) >= 11 is 0. The molecule has 0 spiro atoms. The zero-order valence-electron chi connectivity index (χ0n) is 11.2. The van der Waals surface area contributed by atoms with E-state index >= 15 is 0 Å². The van der Waals surface area contributed by atoms with Crippen molar-refractivity contribution in [1.29, 1.82) is 0 Å². The molecular weight excluding hydrogens is 245 g/mol. The fourth-order valence-electron chi connectivity index (χ4n) is 0.748. The molecule has 1 aromatic carbocycles. The second kappa shape index (κ2) is 21.2. The molecule has 0 aliphatic carbocycles. The second-order valence-corrected chi connectivity index (χ2v) is 2.23. The Morgan fingerprint density at radius 1 is 1.00 bits per heavy atom. The third-order valence-electron chi connectivity index (χ3n) is 1.19. The van der Waals surface area contributed by atoms with E-state index in [4.69, 9.17) is 5.11 Å². The van der Waals surface area contributed by atoms with E-state index in [0.29, 0.717) is 5.69 Å². The van der Waals surface area contributed by atoms with Gasteiger partial charge >= 0.3 is 18.9 Å². The number of carbonyl (C=O) groups is 1. The molecule has 1 amide bonds. The van der Waals surface area contributed by atoms with Crippen LogP contribution in [0.2, 0.25) is 0 Å². The van der Waals surface area contributed by atoms with E-state index in [-0.39, 0.29) is 64.8 Å². The molecule has 0 fully saturated rings. The summed E-state index contributed by atoms with van der Waals surface area (Å²) in [5.74, 6) is 0.0785. The summed E-state index contributed by atoms with van der Waals surface area (Å²) < 4.78 is 0. The van der Waals surface area contributed by atoms with Crippen LogP contribution in [0.5, 0.6) is 5.75 Å². The molecule has 0 heterocycles. The molecule has 1 rings (SSSR count). The summed E-state index contributed by atoms with van der Waals surface area (Å²) in [5, 5.41) is 11.5. The Morgan fingerprint density at radius 2 is 1.33 bits per heavy atom. The number of aromatic hydroxyl groups is 1. The van der Waals surface area contributed by atoms with Gasteiger partial charge in [-0.05, 0) is 24.3 Å². The zero-order valence-corrected chi connectivity index (χ0v) is 10.2. The molecule has 0 radical (unpaired) electrons. The van der Waals surface area contributed by atoms with E-state index in [1.54, 1.807) is 12.1 Å². The van der Waals surface area contributed by atoms with Gasteiger partial charge in [-0.15, -0.1) is 0 Å². The monoisotopic (exact) mass is 267 g/mol. The molecule has 10 heteroatoms. The topological polar surface area (TPSA) is 238 Å². The van der Waals surface area contributed by atoms with Gasteiger partial charge in [-0.25, -0.2) is 0 Å². The average Bonchev–Trinajstić information content (AvgIpc) is 1.93. The molecule has 14 N–H and O–H groups in total. The van der Waals surface area contributed by atoms with Crippen LogP contribution in [0, 0.1) is 0 Å². The van der Waals surface area contributed by atoms with Crippen molar-refractivity contribution in [2.75, 3.05) is 5.32 Å². The molecular formula is C8H22LiNO8. The molecule has 0 saturated heterocycles. The first-order chi connectivity index (χ1) is 5.18. The number of phenols is 1. The first-order valence-corrected chi connectivity index (χ1v) is 3.25. The SMILES string of the molecule is CC(=O)Nc1ccc(O)cc1.O.O.O.O.O.O.[H-].[Li+]. The van der Waals surface area contributed by atoms with E-state index in [0.717, 1.165) is 0 Å². The largest absolute Gasteiger partial charge is 1.00 e. The van der Waals surface area contributed by atoms with Crippen molar-refractivity contribution < 1.29 is 63.0 Å². The van der Waals surface area contributed by atoms with Crippen LogP contribution >= 0.6 is 0 Å². The van der Waals surface area contributed by atoms with Crippen LogP contribution < -0.4 is 24.2 Å². The number of amides is 1. The Bertz CT molecular complexity index is 274. The van der Waals surface area contributed by atoms with Crippen molar-refractivity contribution in [3.8, 4) is 5.75 Å². The predicted molar refractivity (Wildman–Crippen MR) is 65.2 cm³/mol. The summed E-state index contributed by atoms with van der Waals surface area (Å²) in [5.41, 5.74) is 0.690. The predicted octanol–water partition coefficient (Wildman–Crippen LogP) is -6.48. The number of hydrogen-bond acceptors (Lipinski definition) is 2.